The first kappa shape index (κ1) is 25.0. The summed E-state index contributed by atoms with van der Waals surface area (Å²) in [5, 5.41) is 7.07. The van der Waals surface area contributed by atoms with E-state index >= 15 is 0 Å². The van der Waals surface area contributed by atoms with Crippen molar-refractivity contribution in [3.05, 3.63) is 29.8 Å². The van der Waals surface area contributed by atoms with E-state index in [9.17, 15) is 14.0 Å². The Kier molecular flexibility index (Phi) is 5.75. The predicted octanol–water partition coefficient (Wildman–Crippen LogP) is 2.36. The van der Waals surface area contributed by atoms with Crippen molar-refractivity contribution in [3.63, 3.8) is 0 Å². The third-order valence-corrected chi connectivity index (χ3v) is 10.3. The van der Waals surface area contributed by atoms with Crippen molar-refractivity contribution in [1.82, 2.24) is 25.0 Å². The van der Waals surface area contributed by atoms with Gasteiger partial charge in [0.1, 0.15) is 0 Å². The van der Waals surface area contributed by atoms with Crippen LogP contribution in [0.1, 0.15) is 55.4 Å². The zero-order valence-electron chi connectivity index (χ0n) is 22.2. The fourth-order valence-electron chi connectivity index (χ4n) is 7.87. The van der Waals surface area contributed by atoms with Gasteiger partial charge in [-0.25, -0.2) is 9.37 Å². The molecule has 2 aromatic heterocycles. The van der Waals surface area contributed by atoms with Gasteiger partial charge in [0.2, 0.25) is 11.8 Å². The Balaban J connectivity index is 1.11. The van der Waals surface area contributed by atoms with E-state index in [1.807, 2.05) is 4.90 Å². The van der Waals surface area contributed by atoms with E-state index in [0.29, 0.717) is 43.0 Å². The monoisotopic (exact) mass is 538 g/mol. The van der Waals surface area contributed by atoms with Crippen molar-refractivity contribution < 1.29 is 23.5 Å². The number of halogens is 1. The lowest BCUT2D eigenvalue weighted by Gasteiger charge is -2.58. The van der Waals surface area contributed by atoms with Gasteiger partial charge in [-0.3, -0.25) is 19.6 Å². The van der Waals surface area contributed by atoms with Crippen LogP contribution in [-0.2, 0) is 9.53 Å². The summed E-state index contributed by atoms with van der Waals surface area (Å²) < 4.78 is 25.6. The summed E-state index contributed by atoms with van der Waals surface area (Å²) in [4.78, 5) is 34.5. The van der Waals surface area contributed by atoms with Crippen LogP contribution in [0.3, 0.4) is 0 Å². The van der Waals surface area contributed by atoms with Crippen molar-refractivity contribution >= 4 is 11.8 Å². The fraction of sp³-hybridized carbons (Fsp3) is 0.643. The summed E-state index contributed by atoms with van der Waals surface area (Å²) in [5.74, 6) is -0.189. The lowest BCUT2D eigenvalue weighted by molar-refractivity contribution is -0.247. The second-order valence-electron chi connectivity index (χ2n) is 12.1. The number of rotatable bonds is 6. The molecule has 2 saturated carbocycles. The van der Waals surface area contributed by atoms with E-state index in [1.54, 1.807) is 6.07 Å². The average molecular weight is 539 g/mol. The molecule has 0 radical (unpaired) electrons. The minimum absolute atomic E-state index is 0.0933. The maximum atomic E-state index is 14.5. The molecule has 3 N–H and O–H groups in total. The highest BCUT2D eigenvalue weighted by atomic mass is 19.1. The summed E-state index contributed by atoms with van der Waals surface area (Å²) in [5.41, 5.74) is 6.31. The lowest BCUT2D eigenvalue weighted by atomic mass is 9.70. The minimum Gasteiger partial charge on any atom is -0.481 e. The topological polar surface area (TPSA) is 127 Å². The van der Waals surface area contributed by atoms with Crippen LogP contribution < -0.4 is 10.5 Å². The summed E-state index contributed by atoms with van der Waals surface area (Å²) in [6.45, 7) is 3.35. The van der Waals surface area contributed by atoms with E-state index < -0.39 is 5.82 Å². The highest BCUT2D eigenvalue weighted by Gasteiger charge is 2.66. The molecule has 3 unspecified atom stereocenters. The first-order valence-corrected chi connectivity index (χ1v) is 14.1. The lowest BCUT2D eigenvalue weighted by Crippen LogP contribution is -2.68. The number of likely N-dealkylation sites (tertiary alicyclic amines) is 2. The number of ether oxygens (including phenoxy) is 2. The van der Waals surface area contributed by atoms with E-state index in [2.05, 4.69) is 20.1 Å². The van der Waals surface area contributed by atoms with Gasteiger partial charge in [-0.05, 0) is 69.4 Å². The number of aromatic amines is 1. The van der Waals surface area contributed by atoms with Gasteiger partial charge in [0.15, 0.2) is 11.5 Å². The number of primary amides is 1. The number of methoxy groups -OCH3 is 1. The van der Waals surface area contributed by atoms with Crippen molar-refractivity contribution in [2.24, 2.45) is 23.5 Å². The molecule has 2 aromatic rings. The van der Waals surface area contributed by atoms with Crippen LogP contribution in [0.15, 0.2) is 18.3 Å². The number of pyridine rings is 1. The number of nitrogens with one attached hydrogen (secondary N) is 1. The second kappa shape index (κ2) is 8.99. The molecule has 5 atom stereocenters. The van der Waals surface area contributed by atoms with Crippen molar-refractivity contribution in [2.45, 2.75) is 62.1 Å². The number of amides is 2. The van der Waals surface area contributed by atoms with Crippen LogP contribution in [0.4, 0.5) is 4.39 Å². The van der Waals surface area contributed by atoms with Crippen molar-refractivity contribution in [1.29, 1.82) is 0 Å². The van der Waals surface area contributed by atoms with Gasteiger partial charge < -0.3 is 20.1 Å². The SMILES string of the molecule is COc1cc(-c2cc(C(=O)N3CCC(C(N)=O)CC34CC4[C@@H]3CCN([C@H]4COC45CCC5)C3)n[nH]2)c(F)cn1. The Morgan fingerprint density at radius 3 is 2.77 bits per heavy atom. The van der Waals surface area contributed by atoms with Crippen LogP contribution in [0, 0.1) is 23.6 Å². The molecule has 2 spiro atoms. The van der Waals surface area contributed by atoms with E-state index in [1.165, 1.54) is 19.6 Å². The Morgan fingerprint density at radius 1 is 1.23 bits per heavy atom. The molecule has 0 bridgehead atoms. The van der Waals surface area contributed by atoms with Gasteiger partial charge in [0.25, 0.3) is 5.91 Å². The number of H-pyrrole nitrogens is 1. The van der Waals surface area contributed by atoms with E-state index in [0.717, 1.165) is 51.6 Å². The second-order valence-corrected chi connectivity index (χ2v) is 12.1. The molecule has 5 aliphatic rings. The summed E-state index contributed by atoms with van der Waals surface area (Å²) >= 11 is 0. The maximum Gasteiger partial charge on any atom is 0.274 e. The first-order chi connectivity index (χ1) is 18.8. The number of carbonyl (C=O) groups is 2. The fourth-order valence-corrected chi connectivity index (χ4v) is 7.87. The largest absolute Gasteiger partial charge is 0.481 e. The first-order valence-electron chi connectivity index (χ1n) is 14.1. The van der Waals surface area contributed by atoms with Crippen LogP contribution in [0.2, 0.25) is 0 Å². The van der Waals surface area contributed by atoms with Crippen molar-refractivity contribution in [2.75, 3.05) is 33.4 Å². The molecule has 11 heteroatoms. The number of carbonyl (C=O) groups excluding carboxylic acids is 2. The van der Waals surface area contributed by atoms with Gasteiger partial charge in [0.05, 0.1) is 37.3 Å². The highest BCUT2D eigenvalue weighted by Crippen LogP contribution is 2.61. The molecule has 3 saturated heterocycles. The Morgan fingerprint density at radius 2 is 2.08 bits per heavy atom. The minimum atomic E-state index is -0.536. The highest BCUT2D eigenvalue weighted by molar-refractivity contribution is 5.94. The predicted molar refractivity (Wildman–Crippen MR) is 138 cm³/mol. The van der Waals surface area contributed by atoms with Crippen LogP contribution in [0.25, 0.3) is 11.3 Å². The number of hydrogen-bond donors (Lipinski definition) is 2. The van der Waals surface area contributed by atoms with Crippen LogP contribution in [-0.4, -0.2) is 87.3 Å². The number of piperidine rings is 1. The smallest absolute Gasteiger partial charge is 0.274 e. The van der Waals surface area contributed by atoms with Gasteiger partial charge in [0, 0.05) is 36.2 Å². The number of aromatic nitrogens is 3. The zero-order valence-corrected chi connectivity index (χ0v) is 22.2. The van der Waals surface area contributed by atoms with E-state index in [4.69, 9.17) is 15.2 Å². The van der Waals surface area contributed by atoms with Crippen LogP contribution >= 0.6 is 0 Å². The summed E-state index contributed by atoms with van der Waals surface area (Å²) in [7, 11) is 1.46. The Hall–Kier alpha value is -3.05. The van der Waals surface area contributed by atoms with Gasteiger partial charge >= 0.3 is 0 Å². The Bertz CT molecular complexity index is 1310. The molecule has 10 nitrogen and oxygen atoms in total. The average Bonchev–Trinajstić information content (AvgIpc) is 3.23. The van der Waals surface area contributed by atoms with Crippen molar-refractivity contribution in [3.8, 4) is 17.1 Å². The standard InChI is InChI=1S/C28H35FN6O4/c1-38-24-9-18(20(29)13-31-24)21-10-22(33-32-21)26(37)35-8-4-16(25(30)36)11-27(35)12-19(27)17-3-7-34(14-17)23-15-39-28(23)5-2-6-28/h9-10,13,16-17,19,23H,2-8,11-12,14-15H2,1H3,(H2,30,36)(H,32,33)/t16?,17-,19?,23+,27?/m1/s1. The molecule has 39 heavy (non-hydrogen) atoms. The van der Waals surface area contributed by atoms with Gasteiger partial charge in [-0.1, -0.05) is 0 Å². The molecule has 5 fully saturated rings. The summed E-state index contributed by atoms with van der Waals surface area (Å²) in [6.07, 6.45) is 7.77. The molecule has 0 aromatic carbocycles. The molecule has 7 rings (SSSR count). The van der Waals surface area contributed by atoms with Crippen LogP contribution in [0.5, 0.6) is 5.88 Å². The molecule has 3 aliphatic heterocycles. The molecule has 208 valence electrons. The molecule has 2 aliphatic carbocycles. The molecule has 2 amide bonds. The number of nitrogens with two attached hydrogens (primary N) is 1. The third kappa shape index (κ3) is 3.88. The number of hydrogen-bond acceptors (Lipinski definition) is 7. The quantitative estimate of drug-likeness (QED) is 0.578. The molecular formula is C28H35FN6O4. The third-order valence-electron chi connectivity index (χ3n) is 10.3. The molecule has 5 heterocycles. The normalized spacial score (nSPS) is 33.1. The van der Waals surface area contributed by atoms with Gasteiger partial charge in [-0.15, -0.1) is 0 Å². The Labute approximate surface area is 226 Å². The maximum absolute atomic E-state index is 14.5. The zero-order chi connectivity index (χ0) is 26.9. The number of nitrogens with zero attached hydrogens (tertiary/aromatic N) is 4. The molecular weight excluding hydrogens is 503 g/mol. The van der Waals surface area contributed by atoms with E-state index in [-0.39, 0.29) is 46.0 Å². The van der Waals surface area contributed by atoms with Gasteiger partial charge in [-0.2, -0.15) is 5.10 Å². The summed E-state index contributed by atoms with van der Waals surface area (Å²) in [6, 6.07) is 3.57.